The number of methoxy groups -OCH3 is 1. The smallest absolute Gasteiger partial charge is 0.323 e. The summed E-state index contributed by atoms with van der Waals surface area (Å²) >= 11 is 0. The molecule has 1 N–H and O–H groups in total. The SMILES string of the molecule is CCOC(=O)[C@@H]1[C@H](C(=O)OCC)[C@H](c2ccccc2F)N[C@@H]1C(=O)OC. The van der Waals surface area contributed by atoms with E-state index in [0.29, 0.717) is 0 Å². The van der Waals surface area contributed by atoms with Gasteiger partial charge in [0, 0.05) is 11.6 Å². The quantitative estimate of drug-likeness (QED) is 0.600. The van der Waals surface area contributed by atoms with Crippen molar-refractivity contribution in [3.05, 3.63) is 35.6 Å². The highest BCUT2D eigenvalue weighted by molar-refractivity contribution is 5.91. The minimum atomic E-state index is -1.19. The summed E-state index contributed by atoms with van der Waals surface area (Å²) in [6.45, 7) is 3.39. The molecule has 1 aliphatic heterocycles. The molecule has 0 aliphatic carbocycles. The van der Waals surface area contributed by atoms with E-state index in [2.05, 4.69) is 5.32 Å². The number of halogens is 1. The van der Waals surface area contributed by atoms with Crippen molar-refractivity contribution in [2.45, 2.75) is 25.9 Å². The Morgan fingerprint density at radius 2 is 1.58 bits per heavy atom. The monoisotopic (exact) mass is 367 g/mol. The number of carbonyl (C=O) groups is 3. The fraction of sp³-hybridized carbons (Fsp3) is 0.500. The largest absolute Gasteiger partial charge is 0.468 e. The van der Waals surface area contributed by atoms with E-state index in [-0.39, 0.29) is 18.8 Å². The normalized spacial score (nSPS) is 24.8. The van der Waals surface area contributed by atoms with Gasteiger partial charge in [-0.2, -0.15) is 0 Å². The van der Waals surface area contributed by atoms with Crippen molar-refractivity contribution in [2.24, 2.45) is 11.8 Å². The number of benzene rings is 1. The van der Waals surface area contributed by atoms with Crippen molar-refractivity contribution < 1.29 is 33.0 Å². The van der Waals surface area contributed by atoms with Gasteiger partial charge in [-0.1, -0.05) is 18.2 Å². The molecular formula is C18H22FNO6. The Hall–Kier alpha value is -2.48. The molecule has 26 heavy (non-hydrogen) atoms. The zero-order valence-corrected chi connectivity index (χ0v) is 14.9. The van der Waals surface area contributed by atoms with Gasteiger partial charge in [0.2, 0.25) is 0 Å². The fourth-order valence-corrected chi connectivity index (χ4v) is 3.21. The molecule has 1 aromatic carbocycles. The first-order valence-electron chi connectivity index (χ1n) is 8.37. The summed E-state index contributed by atoms with van der Waals surface area (Å²) in [4.78, 5) is 37.2. The van der Waals surface area contributed by atoms with Crippen LogP contribution in [-0.4, -0.2) is 44.3 Å². The molecule has 0 amide bonds. The minimum absolute atomic E-state index is 0.0726. The summed E-state index contributed by atoms with van der Waals surface area (Å²) < 4.78 is 29.2. The highest BCUT2D eigenvalue weighted by Gasteiger charge is 2.55. The predicted molar refractivity (Wildman–Crippen MR) is 88.3 cm³/mol. The topological polar surface area (TPSA) is 90.9 Å². The number of carbonyl (C=O) groups excluding carboxylic acids is 3. The molecule has 1 fully saturated rings. The molecule has 0 bridgehead atoms. The molecule has 1 saturated heterocycles. The number of esters is 3. The molecule has 0 unspecified atom stereocenters. The van der Waals surface area contributed by atoms with Crippen molar-refractivity contribution in [1.82, 2.24) is 5.32 Å². The standard InChI is InChI=1S/C18H22FNO6/c1-4-25-16(21)12-13(17(22)26-5-2)15(18(23)24-3)20-14(12)10-8-6-7-9-11(10)19/h6-9,12-15,20H,4-5H2,1-3H3/t12-,13+,14-,15-/m0/s1. The van der Waals surface area contributed by atoms with Gasteiger partial charge in [-0.3, -0.25) is 19.7 Å². The zero-order valence-electron chi connectivity index (χ0n) is 14.9. The molecule has 2 rings (SSSR count). The lowest BCUT2D eigenvalue weighted by atomic mass is 9.84. The molecule has 1 aromatic rings. The summed E-state index contributed by atoms with van der Waals surface area (Å²) in [6, 6.07) is 3.75. The van der Waals surface area contributed by atoms with E-state index in [1.54, 1.807) is 19.9 Å². The lowest BCUT2D eigenvalue weighted by Gasteiger charge is -2.22. The van der Waals surface area contributed by atoms with Gasteiger partial charge in [-0.05, 0) is 19.9 Å². The van der Waals surface area contributed by atoms with E-state index >= 15 is 0 Å². The molecule has 0 saturated carbocycles. The lowest BCUT2D eigenvalue weighted by Crippen LogP contribution is -2.42. The summed E-state index contributed by atoms with van der Waals surface area (Å²) in [5.74, 6) is -5.07. The van der Waals surface area contributed by atoms with Gasteiger partial charge in [0.25, 0.3) is 0 Å². The van der Waals surface area contributed by atoms with Crippen LogP contribution in [0.4, 0.5) is 4.39 Å². The van der Waals surface area contributed by atoms with E-state index in [4.69, 9.17) is 14.2 Å². The maximum Gasteiger partial charge on any atom is 0.323 e. The van der Waals surface area contributed by atoms with Gasteiger partial charge in [-0.15, -0.1) is 0 Å². The third kappa shape index (κ3) is 3.85. The Bertz CT molecular complexity index is 679. The summed E-state index contributed by atoms with van der Waals surface area (Å²) in [5.41, 5.74) is 0.159. The first kappa shape index (κ1) is 19.8. The van der Waals surface area contributed by atoms with Crippen LogP contribution in [0.25, 0.3) is 0 Å². The van der Waals surface area contributed by atoms with Gasteiger partial charge < -0.3 is 14.2 Å². The second-order valence-corrected chi connectivity index (χ2v) is 5.72. The molecule has 0 aromatic heterocycles. The van der Waals surface area contributed by atoms with Crippen LogP contribution in [0.2, 0.25) is 0 Å². The first-order chi connectivity index (χ1) is 12.5. The molecule has 1 heterocycles. The number of ether oxygens (including phenoxy) is 3. The van der Waals surface area contributed by atoms with Gasteiger partial charge in [0.1, 0.15) is 11.9 Å². The molecule has 4 atom stereocenters. The van der Waals surface area contributed by atoms with Crippen LogP contribution in [0.15, 0.2) is 24.3 Å². The molecular weight excluding hydrogens is 345 g/mol. The van der Waals surface area contributed by atoms with E-state index in [1.165, 1.54) is 25.3 Å². The van der Waals surface area contributed by atoms with Crippen molar-refractivity contribution in [3.8, 4) is 0 Å². The van der Waals surface area contributed by atoms with Crippen molar-refractivity contribution in [3.63, 3.8) is 0 Å². The van der Waals surface area contributed by atoms with Crippen molar-refractivity contribution in [2.75, 3.05) is 20.3 Å². The van der Waals surface area contributed by atoms with Gasteiger partial charge in [-0.25, -0.2) is 4.39 Å². The Morgan fingerprint density at radius 3 is 2.12 bits per heavy atom. The average Bonchev–Trinajstić information content (AvgIpc) is 3.02. The van der Waals surface area contributed by atoms with Crippen LogP contribution in [0.3, 0.4) is 0 Å². The molecule has 0 radical (unpaired) electrons. The molecule has 7 nitrogen and oxygen atoms in total. The minimum Gasteiger partial charge on any atom is -0.468 e. The number of rotatable bonds is 6. The van der Waals surface area contributed by atoms with Crippen LogP contribution in [-0.2, 0) is 28.6 Å². The number of hydrogen-bond donors (Lipinski definition) is 1. The number of nitrogens with one attached hydrogen (secondary N) is 1. The average molecular weight is 367 g/mol. The maximum atomic E-state index is 14.3. The van der Waals surface area contributed by atoms with Crippen molar-refractivity contribution >= 4 is 17.9 Å². The van der Waals surface area contributed by atoms with E-state index < -0.39 is 47.6 Å². The Kier molecular flexibility index (Phi) is 6.68. The second-order valence-electron chi connectivity index (χ2n) is 5.72. The van der Waals surface area contributed by atoms with E-state index in [9.17, 15) is 18.8 Å². The van der Waals surface area contributed by atoms with Gasteiger partial charge >= 0.3 is 17.9 Å². The number of hydrogen-bond acceptors (Lipinski definition) is 7. The van der Waals surface area contributed by atoms with E-state index in [0.717, 1.165) is 0 Å². The zero-order chi connectivity index (χ0) is 19.3. The van der Waals surface area contributed by atoms with Crippen LogP contribution in [0.5, 0.6) is 0 Å². The van der Waals surface area contributed by atoms with Crippen LogP contribution in [0.1, 0.15) is 25.5 Å². The summed E-state index contributed by atoms with van der Waals surface area (Å²) in [5, 5.41) is 2.86. The van der Waals surface area contributed by atoms with Crippen molar-refractivity contribution in [1.29, 1.82) is 0 Å². The lowest BCUT2D eigenvalue weighted by molar-refractivity contribution is -0.162. The molecule has 8 heteroatoms. The summed E-state index contributed by atoms with van der Waals surface area (Å²) in [7, 11) is 1.17. The highest BCUT2D eigenvalue weighted by Crippen LogP contribution is 2.40. The van der Waals surface area contributed by atoms with Gasteiger partial charge in [0.05, 0.1) is 32.2 Å². The Labute approximate surface area is 150 Å². The maximum absolute atomic E-state index is 14.3. The van der Waals surface area contributed by atoms with Gasteiger partial charge in [0.15, 0.2) is 0 Å². The molecule has 0 spiro atoms. The van der Waals surface area contributed by atoms with Crippen LogP contribution < -0.4 is 5.32 Å². The van der Waals surface area contributed by atoms with E-state index in [1.807, 2.05) is 0 Å². The van der Waals surface area contributed by atoms with Crippen LogP contribution in [0, 0.1) is 17.7 Å². The molecule has 1 aliphatic rings. The first-order valence-corrected chi connectivity index (χ1v) is 8.37. The Balaban J connectivity index is 2.52. The third-order valence-corrected chi connectivity index (χ3v) is 4.28. The van der Waals surface area contributed by atoms with Crippen LogP contribution >= 0.6 is 0 Å². The molecule has 142 valence electrons. The highest BCUT2D eigenvalue weighted by atomic mass is 19.1. The second kappa shape index (κ2) is 8.75. The predicted octanol–water partition coefficient (Wildman–Crippen LogP) is 1.37. The summed E-state index contributed by atoms with van der Waals surface area (Å²) in [6.07, 6.45) is 0. The third-order valence-electron chi connectivity index (χ3n) is 4.28. The Morgan fingerprint density at radius 1 is 1.00 bits per heavy atom. The fourth-order valence-electron chi connectivity index (χ4n) is 3.21.